The summed E-state index contributed by atoms with van der Waals surface area (Å²) in [6.45, 7) is 12.4. The van der Waals surface area contributed by atoms with Crippen molar-refractivity contribution in [1.82, 2.24) is 0 Å². The summed E-state index contributed by atoms with van der Waals surface area (Å²) >= 11 is 6.27. The summed E-state index contributed by atoms with van der Waals surface area (Å²) in [5.74, 6) is 0. The summed E-state index contributed by atoms with van der Waals surface area (Å²) < 4.78 is 6.15. The van der Waals surface area contributed by atoms with Gasteiger partial charge in [0, 0.05) is 0 Å². The number of rotatable bonds is 6. The van der Waals surface area contributed by atoms with E-state index in [1.165, 1.54) is 0 Å². The summed E-state index contributed by atoms with van der Waals surface area (Å²) in [7, 11) is -3.59. The van der Waals surface area contributed by atoms with Crippen molar-refractivity contribution in [3.05, 3.63) is 12.3 Å². The molecule has 0 N–H and O–H groups in total. The predicted molar refractivity (Wildman–Crippen MR) is 66.0 cm³/mol. The zero-order chi connectivity index (χ0) is 10.5. The largest absolute Gasteiger partial charge is 0.441 e. The van der Waals surface area contributed by atoms with Gasteiger partial charge in [-0.1, -0.05) is 26.5 Å². The molecule has 0 aliphatic heterocycles. The topological polar surface area (TPSA) is 9.23 Å². The summed E-state index contributed by atoms with van der Waals surface area (Å²) in [5, 5.41) is 0. The molecule has 0 aliphatic rings. The molecule has 1 atom stereocenters. The Labute approximate surface area is 89.1 Å². The first-order chi connectivity index (χ1) is 5.95. The first-order valence-corrected chi connectivity index (χ1v) is 11.0. The molecule has 0 radical (unpaired) electrons. The summed E-state index contributed by atoms with van der Waals surface area (Å²) in [5.41, 5.74) is 1.82. The predicted octanol–water partition coefficient (Wildman–Crippen LogP) is 4.04. The van der Waals surface area contributed by atoms with Crippen LogP contribution in [0, 0.1) is 0 Å². The Morgan fingerprint density at radius 2 is 1.62 bits per heavy atom. The second-order valence-corrected chi connectivity index (χ2v) is 13.5. The minimum atomic E-state index is -2.08. The van der Waals surface area contributed by atoms with Crippen LogP contribution in [0.25, 0.3) is 0 Å². The van der Waals surface area contributed by atoms with Gasteiger partial charge in [-0.3, -0.25) is 0 Å². The maximum atomic E-state index is 6.27. The van der Waals surface area contributed by atoms with E-state index in [0.29, 0.717) is 0 Å². The van der Waals surface area contributed by atoms with Crippen LogP contribution in [0.3, 0.4) is 0 Å². The van der Waals surface area contributed by atoms with Gasteiger partial charge in [0.05, 0.1) is 0 Å². The Morgan fingerprint density at radius 3 is 1.85 bits per heavy atom. The van der Waals surface area contributed by atoms with E-state index < -0.39 is 15.9 Å². The molecule has 0 bridgehead atoms. The van der Waals surface area contributed by atoms with E-state index in [9.17, 15) is 0 Å². The van der Waals surface area contributed by atoms with Gasteiger partial charge >= 0.3 is 7.63 Å². The Hall–Kier alpha value is 0.424. The number of hydrogen-bond donors (Lipinski definition) is 0. The fraction of sp³-hybridized carbons (Fsp3) is 0.778. The summed E-state index contributed by atoms with van der Waals surface area (Å²) in [6.07, 6.45) is 0. The van der Waals surface area contributed by atoms with Gasteiger partial charge in [-0.25, -0.2) is 0 Å². The Kier molecular flexibility index (Phi) is 5.51. The standard InChI is InChI=1S/C9H21ClOSi2/c1-6-12(5,10)11-13(7-2,8-3)9-4/h6H,1,7-9H2,2-5H3. The molecule has 1 nitrogen and oxygen atoms in total. The van der Waals surface area contributed by atoms with Crippen LogP contribution < -0.4 is 0 Å². The van der Waals surface area contributed by atoms with Gasteiger partial charge in [-0.15, -0.1) is 17.7 Å². The lowest BCUT2D eigenvalue weighted by molar-refractivity contribution is 0.550. The molecular formula is C9H21ClOSi2. The van der Waals surface area contributed by atoms with E-state index >= 15 is 0 Å². The van der Waals surface area contributed by atoms with Crippen LogP contribution in [0.4, 0.5) is 0 Å². The summed E-state index contributed by atoms with van der Waals surface area (Å²) in [4.78, 5) is 0. The van der Waals surface area contributed by atoms with Gasteiger partial charge < -0.3 is 4.12 Å². The molecule has 1 unspecified atom stereocenters. The highest BCUT2D eigenvalue weighted by Gasteiger charge is 2.36. The van der Waals surface area contributed by atoms with Crippen molar-refractivity contribution in [3.63, 3.8) is 0 Å². The third-order valence-corrected chi connectivity index (χ3v) is 11.8. The molecule has 0 saturated carbocycles. The van der Waals surface area contributed by atoms with Crippen LogP contribution >= 0.6 is 11.1 Å². The number of hydrogen-bond acceptors (Lipinski definition) is 1. The minimum Gasteiger partial charge on any atom is -0.441 e. The van der Waals surface area contributed by atoms with E-state index in [1.807, 2.05) is 12.2 Å². The second kappa shape index (κ2) is 5.34. The fourth-order valence-corrected chi connectivity index (χ4v) is 9.86. The maximum Gasteiger partial charge on any atom is 0.301 e. The number of halogens is 1. The molecule has 0 saturated heterocycles. The van der Waals surface area contributed by atoms with Crippen molar-refractivity contribution in [3.8, 4) is 0 Å². The molecule has 0 aromatic heterocycles. The van der Waals surface area contributed by atoms with Crippen LogP contribution in [0.5, 0.6) is 0 Å². The quantitative estimate of drug-likeness (QED) is 0.500. The molecule has 0 heterocycles. The SMILES string of the molecule is C=C[Si](C)(Cl)O[Si](CC)(CC)CC. The van der Waals surface area contributed by atoms with Gasteiger partial charge in [0.25, 0.3) is 0 Å². The highest BCUT2D eigenvalue weighted by atomic mass is 35.6. The molecule has 0 aromatic carbocycles. The maximum absolute atomic E-state index is 6.27. The third kappa shape index (κ3) is 3.98. The van der Waals surface area contributed by atoms with Crippen LogP contribution in [-0.2, 0) is 4.12 Å². The van der Waals surface area contributed by atoms with E-state index in [-0.39, 0.29) is 0 Å². The van der Waals surface area contributed by atoms with Gasteiger partial charge in [-0.2, -0.15) is 0 Å². The van der Waals surface area contributed by atoms with Gasteiger partial charge in [0.1, 0.15) is 0 Å². The second-order valence-electron chi connectivity index (χ2n) is 3.54. The molecule has 0 spiro atoms. The molecular weight excluding hydrogens is 216 g/mol. The third-order valence-electron chi connectivity index (χ3n) is 2.71. The van der Waals surface area contributed by atoms with Crippen molar-refractivity contribution in [2.45, 2.75) is 45.5 Å². The minimum absolute atomic E-state index is 1.16. The van der Waals surface area contributed by atoms with E-state index in [4.69, 9.17) is 15.2 Å². The van der Waals surface area contributed by atoms with E-state index in [1.54, 1.807) is 0 Å². The van der Waals surface area contributed by atoms with Crippen LogP contribution in [0.15, 0.2) is 12.3 Å². The van der Waals surface area contributed by atoms with Crippen LogP contribution in [0.2, 0.25) is 24.7 Å². The average molecular weight is 237 g/mol. The normalized spacial score (nSPS) is 16.7. The first-order valence-electron chi connectivity index (χ1n) is 4.98. The summed E-state index contributed by atoms with van der Waals surface area (Å²) in [6, 6.07) is 3.47. The molecule has 4 heteroatoms. The first kappa shape index (κ1) is 13.4. The Balaban J connectivity index is 4.50. The molecule has 78 valence electrons. The highest BCUT2D eigenvalue weighted by Crippen LogP contribution is 2.28. The van der Waals surface area contributed by atoms with Crippen molar-refractivity contribution in [1.29, 1.82) is 0 Å². The lowest BCUT2D eigenvalue weighted by Crippen LogP contribution is -2.45. The monoisotopic (exact) mass is 236 g/mol. The van der Waals surface area contributed by atoms with Gasteiger partial charge in [0.2, 0.25) is 0 Å². The van der Waals surface area contributed by atoms with Crippen LogP contribution in [0.1, 0.15) is 20.8 Å². The van der Waals surface area contributed by atoms with E-state index in [0.717, 1.165) is 18.1 Å². The fourth-order valence-electron chi connectivity index (χ4n) is 1.43. The zero-order valence-corrected chi connectivity index (χ0v) is 11.9. The van der Waals surface area contributed by atoms with Crippen molar-refractivity contribution < 1.29 is 4.12 Å². The van der Waals surface area contributed by atoms with Crippen LogP contribution in [-0.4, -0.2) is 15.9 Å². The van der Waals surface area contributed by atoms with E-state index in [2.05, 4.69) is 27.4 Å². The average Bonchev–Trinajstić information content (AvgIpc) is 2.14. The van der Waals surface area contributed by atoms with Gasteiger partial charge in [-0.05, 0) is 24.7 Å². The molecule has 13 heavy (non-hydrogen) atoms. The highest BCUT2D eigenvalue weighted by molar-refractivity contribution is 7.21. The van der Waals surface area contributed by atoms with Gasteiger partial charge in [0.15, 0.2) is 8.32 Å². The van der Waals surface area contributed by atoms with Crippen molar-refractivity contribution in [2.24, 2.45) is 0 Å². The van der Waals surface area contributed by atoms with Crippen molar-refractivity contribution >= 4 is 27.0 Å². The van der Waals surface area contributed by atoms with Crippen molar-refractivity contribution in [2.75, 3.05) is 0 Å². The molecule has 0 rings (SSSR count). The Morgan fingerprint density at radius 1 is 1.23 bits per heavy atom. The lowest BCUT2D eigenvalue weighted by Gasteiger charge is -2.34. The molecule has 0 amide bonds. The molecule has 0 fully saturated rings. The molecule has 0 aromatic rings. The Bertz CT molecular complexity index is 159. The lowest BCUT2D eigenvalue weighted by atomic mass is 10.9. The molecule has 0 aliphatic carbocycles. The smallest absolute Gasteiger partial charge is 0.301 e. The zero-order valence-electron chi connectivity index (χ0n) is 9.19.